The van der Waals surface area contributed by atoms with Crippen LogP contribution in [0.15, 0.2) is 42.6 Å². The molecule has 0 aliphatic heterocycles. The zero-order valence-corrected chi connectivity index (χ0v) is 17.2. The van der Waals surface area contributed by atoms with E-state index < -0.39 is 0 Å². The normalized spacial score (nSPS) is 11.3. The number of fused-ring (bicyclic) bond motifs is 2. The first-order chi connectivity index (χ1) is 15.0. The first-order valence-electron chi connectivity index (χ1n) is 9.58. The third-order valence-electron chi connectivity index (χ3n) is 5.25. The highest BCUT2D eigenvalue weighted by atomic mass is 16.5. The van der Waals surface area contributed by atoms with Crippen LogP contribution in [0.4, 0.5) is 5.82 Å². The highest BCUT2D eigenvalue weighted by molar-refractivity contribution is 6.13. The molecule has 156 valence electrons. The average Bonchev–Trinajstić information content (AvgIpc) is 3.47. The number of hydrogen-bond acceptors (Lipinski definition) is 6. The summed E-state index contributed by atoms with van der Waals surface area (Å²) in [5, 5.41) is 5.11. The van der Waals surface area contributed by atoms with Crippen LogP contribution in [-0.4, -0.2) is 44.7 Å². The molecule has 2 aromatic carbocycles. The zero-order chi connectivity index (χ0) is 21.7. The average molecular weight is 416 g/mol. The van der Waals surface area contributed by atoms with Crippen LogP contribution in [0.1, 0.15) is 21.9 Å². The standard InChI is InChI=1S/C22H20N6O3/c1-11-25-16-5-4-12(6-18(16)26-11)28-22(23)15(10-24-28)21(29)19-9-14-17(27-19)7-13(30-2)8-20(14)31-3/h4-10,27H,23H2,1-3H3,(H,25,26). The second kappa shape index (κ2) is 6.91. The molecule has 9 nitrogen and oxygen atoms in total. The smallest absolute Gasteiger partial charge is 0.214 e. The number of nitrogens with one attached hydrogen (secondary N) is 2. The second-order valence-electron chi connectivity index (χ2n) is 7.18. The Morgan fingerprint density at radius 3 is 2.68 bits per heavy atom. The largest absolute Gasteiger partial charge is 0.497 e. The van der Waals surface area contributed by atoms with E-state index in [-0.39, 0.29) is 11.6 Å². The van der Waals surface area contributed by atoms with Gasteiger partial charge in [-0.05, 0) is 31.2 Å². The number of ether oxygens (including phenoxy) is 2. The molecule has 4 N–H and O–H groups in total. The van der Waals surface area contributed by atoms with Crippen LogP contribution in [-0.2, 0) is 0 Å². The van der Waals surface area contributed by atoms with Crippen LogP contribution in [0.2, 0.25) is 0 Å². The van der Waals surface area contributed by atoms with E-state index in [2.05, 4.69) is 20.1 Å². The summed E-state index contributed by atoms with van der Waals surface area (Å²) in [5.41, 5.74) is 10.2. The first kappa shape index (κ1) is 18.7. The summed E-state index contributed by atoms with van der Waals surface area (Å²) in [6, 6.07) is 11.0. The van der Waals surface area contributed by atoms with Gasteiger partial charge in [0.2, 0.25) is 5.78 Å². The van der Waals surface area contributed by atoms with Crippen molar-refractivity contribution < 1.29 is 14.3 Å². The Morgan fingerprint density at radius 1 is 1.06 bits per heavy atom. The molecule has 0 bridgehead atoms. The number of carbonyl (C=O) groups is 1. The van der Waals surface area contributed by atoms with Crippen molar-refractivity contribution in [2.24, 2.45) is 0 Å². The Labute approximate surface area is 176 Å². The Balaban J connectivity index is 1.55. The third-order valence-corrected chi connectivity index (χ3v) is 5.25. The van der Waals surface area contributed by atoms with Crippen molar-refractivity contribution in [3.8, 4) is 17.2 Å². The topological polar surface area (TPSA) is 124 Å². The van der Waals surface area contributed by atoms with E-state index in [0.29, 0.717) is 22.8 Å². The number of ketones is 1. The van der Waals surface area contributed by atoms with E-state index in [1.54, 1.807) is 26.4 Å². The predicted octanol–water partition coefficient (Wildman–Crippen LogP) is 3.37. The number of hydrogen-bond donors (Lipinski definition) is 3. The molecular weight excluding hydrogens is 396 g/mol. The zero-order valence-electron chi connectivity index (χ0n) is 17.2. The van der Waals surface area contributed by atoms with E-state index >= 15 is 0 Å². The van der Waals surface area contributed by atoms with E-state index in [9.17, 15) is 4.79 Å². The number of aryl methyl sites for hydroxylation is 1. The lowest BCUT2D eigenvalue weighted by atomic mass is 10.1. The Bertz CT molecular complexity index is 1460. The number of benzene rings is 2. The highest BCUT2D eigenvalue weighted by Gasteiger charge is 2.21. The molecule has 0 aliphatic rings. The van der Waals surface area contributed by atoms with Crippen molar-refractivity contribution >= 4 is 33.5 Å². The number of nitrogens with two attached hydrogens (primary N) is 1. The molecule has 3 heterocycles. The summed E-state index contributed by atoms with van der Waals surface area (Å²) in [6.07, 6.45) is 1.47. The third kappa shape index (κ3) is 2.98. The predicted molar refractivity (Wildman–Crippen MR) is 117 cm³/mol. The summed E-state index contributed by atoms with van der Waals surface area (Å²) in [6.45, 7) is 1.89. The molecule has 0 amide bonds. The molecule has 9 heteroatoms. The van der Waals surface area contributed by atoms with Gasteiger partial charge in [-0.25, -0.2) is 9.67 Å². The van der Waals surface area contributed by atoms with Crippen molar-refractivity contribution in [1.29, 1.82) is 0 Å². The number of anilines is 1. The van der Waals surface area contributed by atoms with Crippen molar-refractivity contribution in [2.45, 2.75) is 6.92 Å². The van der Waals surface area contributed by atoms with E-state index in [4.69, 9.17) is 15.2 Å². The highest BCUT2D eigenvalue weighted by Crippen LogP contribution is 2.32. The fourth-order valence-corrected chi connectivity index (χ4v) is 3.73. The van der Waals surface area contributed by atoms with Gasteiger partial charge in [0.25, 0.3) is 0 Å². The van der Waals surface area contributed by atoms with Gasteiger partial charge in [0, 0.05) is 17.5 Å². The van der Waals surface area contributed by atoms with Crippen molar-refractivity contribution in [3.63, 3.8) is 0 Å². The van der Waals surface area contributed by atoms with Gasteiger partial charge in [-0.1, -0.05) is 0 Å². The lowest BCUT2D eigenvalue weighted by Crippen LogP contribution is -2.07. The summed E-state index contributed by atoms with van der Waals surface area (Å²) in [4.78, 5) is 23.9. The molecule has 0 fully saturated rings. The minimum atomic E-state index is -0.266. The maximum Gasteiger partial charge on any atom is 0.214 e. The number of nitrogens with zero attached hydrogens (tertiary/aromatic N) is 3. The quantitative estimate of drug-likeness (QED) is 0.377. The second-order valence-corrected chi connectivity index (χ2v) is 7.18. The fraction of sp³-hybridized carbons (Fsp3) is 0.136. The molecule has 5 aromatic rings. The maximum atomic E-state index is 13.2. The summed E-state index contributed by atoms with van der Waals surface area (Å²) < 4.78 is 12.3. The maximum absolute atomic E-state index is 13.2. The van der Waals surface area contributed by atoms with E-state index in [0.717, 1.165) is 33.4 Å². The van der Waals surface area contributed by atoms with Crippen LogP contribution in [0.3, 0.4) is 0 Å². The molecule has 0 radical (unpaired) electrons. The summed E-state index contributed by atoms with van der Waals surface area (Å²) >= 11 is 0. The molecule has 3 aromatic heterocycles. The van der Waals surface area contributed by atoms with Gasteiger partial charge in [-0.3, -0.25) is 4.79 Å². The first-order valence-corrected chi connectivity index (χ1v) is 9.58. The monoisotopic (exact) mass is 416 g/mol. The number of H-pyrrole nitrogens is 2. The summed E-state index contributed by atoms with van der Waals surface area (Å²) in [7, 11) is 3.15. The van der Waals surface area contributed by atoms with Crippen LogP contribution >= 0.6 is 0 Å². The Morgan fingerprint density at radius 2 is 1.90 bits per heavy atom. The van der Waals surface area contributed by atoms with Gasteiger partial charge in [0.1, 0.15) is 23.1 Å². The van der Waals surface area contributed by atoms with Crippen LogP contribution in [0.5, 0.6) is 11.5 Å². The lowest BCUT2D eigenvalue weighted by Gasteiger charge is -2.05. The molecular formula is C22H20N6O3. The van der Waals surface area contributed by atoms with Crippen LogP contribution in [0, 0.1) is 6.92 Å². The lowest BCUT2D eigenvalue weighted by molar-refractivity contribution is 0.103. The molecule has 0 atom stereocenters. The van der Waals surface area contributed by atoms with Gasteiger partial charge in [0.05, 0.1) is 53.9 Å². The molecule has 5 rings (SSSR count). The van der Waals surface area contributed by atoms with Gasteiger partial charge in [0.15, 0.2) is 0 Å². The number of carbonyl (C=O) groups excluding carboxylic acids is 1. The van der Waals surface area contributed by atoms with Gasteiger partial charge >= 0.3 is 0 Å². The van der Waals surface area contributed by atoms with Crippen molar-refractivity contribution in [3.05, 3.63) is 59.7 Å². The van der Waals surface area contributed by atoms with E-state index in [1.807, 2.05) is 31.2 Å². The minimum Gasteiger partial charge on any atom is -0.497 e. The van der Waals surface area contributed by atoms with Gasteiger partial charge in [-0.2, -0.15) is 5.10 Å². The molecule has 0 unspecified atom stereocenters. The SMILES string of the molecule is COc1cc(OC)c2cc(C(=O)c3cnn(-c4ccc5[nH]c(C)nc5c4)c3N)[nH]c2c1. The fourth-order valence-electron chi connectivity index (χ4n) is 3.73. The number of aromatic nitrogens is 5. The Kier molecular flexibility index (Phi) is 4.18. The van der Waals surface area contributed by atoms with Crippen LogP contribution in [0.25, 0.3) is 27.6 Å². The number of aromatic amines is 2. The number of methoxy groups -OCH3 is 2. The Hall–Kier alpha value is -4.27. The van der Waals surface area contributed by atoms with Crippen molar-refractivity contribution in [2.75, 3.05) is 20.0 Å². The van der Waals surface area contributed by atoms with Crippen LogP contribution < -0.4 is 15.2 Å². The van der Waals surface area contributed by atoms with E-state index in [1.165, 1.54) is 10.9 Å². The molecule has 0 saturated carbocycles. The number of nitrogen functional groups attached to an aromatic ring is 1. The number of imidazole rings is 1. The summed E-state index contributed by atoms with van der Waals surface area (Å²) in [5.74, 6) is 2.04. The molecule has 31 heavy (non-hydrogen) atoms. The van der Waals surface area contributed by atoms with Gasteiger partial charge in [-0.15, -0.1) is 0 Å². The number of rotatable bonds is 5. The molecule has 0 aliphatic carbocycles. The minimum absolute atomic E-state index is 0.250. The van der Waals surface area contributed by atoms with Gasteiger partial charge < -0.3 is 25.2 Å². The van der Waals surface area contributed by atoms with Crippen molar-refractivity contribution in [1.82, 2.24) is 24.7 Å². The molecule has 0 saturated heterocycles. The molecule has 0 spiro atoms.